The third-order valence-electron chi connectivity index (χ3n) is 4.16. The van der Waals surface area contributed by atoms with Gasteiger partial charge in [-0.15, -0.1) is 24.0 Å². The molecule has 1 saturated heterocycles. The van der Waals surface area contributed by atoms with Crippen LogP contribution in [0.1, 0.15) is 30.9 Å². The van der Waals surface area contributed by atoms with Crippen LogP contribution in [0, 0.1) is 0 Å². The first-order chi connectivity index (χ1) is 12.3. The number of ether oxygens (including phenoxy) is 1. The van der Waals surface area contributed by atoms with Crippen molar-refractivity contribution in [1.82, 2.24) is 20.4 Å². The van der Waals surface area contributed by atoms with Gasteiger partial charge in [-0.1, -0.05) is 30.3 Å². The van der Waals surface area contributed by atoms with E-state index in [1.807, 2.05) is 29.1 Å². The Morgan fingerprint density at radius 3 is 2.85 bits per heavy atom. The van der Waals surface area contributed by atoms with Gasteiger partial charge in [0.05, 0.1) is 25.4 Å². The number of nitrogens with zero attached hydrogens (tertiary/aromatic N) is 3. The molecule has 2 aromatic rings. The summed E-state index contributed by atoms with van der Waals surface area (Å²) >= 11 is 0. The van der Waals surface area contributed by atoms with Gasteiger partial charge in [-0.2, -0.15) is 5.10 Å². The van der Waals surface area contributed by atoms with Crippen LogP contribution in [-0.2, 0) is 17.8 Å². The summed E-state index contributed by atoms with van der Waals surface area (Å²) in [7, 11) is 0. The standard InChI is InChI=1S/C19H27N5O.HI/c1-2-20-19(22-13-18-9-6-10-25-18)21-11-17-12-23-24(15-17)14-16-7-4-3-5-8-16;/h3-5,7-8,12,15,18H,2,6,9-11,13-14H2,1H3,(H2,20,21,22);1H. The Morgan fingerprint density at radius 2 is 2.12 bits per heavy atom. The van der Waals surface area contributed by atoms with Gasteiger partial charge in [-0.25, -0.2) is 4.99 Å². The van der Waals surface area contributed by atoms with Gasteiger partial charge in [0.2, 0.25) is 0 Å². The van der Waals surface area contributed by atoms with Gasteiger partial charge in [0.25, 0.3) is 0 Å². The average Bonchev–Trinajstić information content (AvgIpc) is 3.30. The van der Waals surface area contributed by atoms with Gasteiger partial charge in [0.1, 0.15) is 0 Å². The SMILES string of the molecule is CCNC(=NCc1cnn(Cc2ccccc2)c1)NCC1CCCO1.I. The van der Waals surface area contributed by atoms with Crippen molar-refractivity contribution < 1.29 is 4.74 Å². The van der Waals surface area contributed by atoms with Crippen LogP contribution in [0.25, 0.3) is 0 Å². The van der Waals surface area contributed by atoms with Crippen LogP contribution in [-0.4, -0.2) is 41.5 Å². The number of rotatable bonds is 7. The predicted molar refractivity (Wildman–Crippen MR) is 115 cm³/mol. The van der Waals surface area contributed by atoms with E-state index in [-0.39, 0.29) is 24.0 Å². The molecule has 26 heavy (non-hydrogen) atoms. The summed E-state index contributed by atoms with van der Waals surface area (Å²) in [6.45, 7) is 5.98. The number of benzene rings is 1. The zero-order chi connectivity index (χ0) is 17.3. The highest BCUT2D eigenvalue weighted by molar-refractivity contribution is 14.0. The molecule has 1 fully saturated rings. The van der Waals surface area contributed by atoms with E-state index in [2.05, 4.69) is 46.0 Å². The smallest absolute Gasteiger partial charge is 0.191 e. The first-order valence-electron chi connectivity index (χ1n) is 9.02. The summed E-state index contributed by atoms with van der Waals surface area (Å²) in [6.07, 6.45) is 6.52. The van der Waals surface area contributed by atoms with E-state index in [0.717, 1.165) is 50.6 Å². The summed E-state index contributed by atoms with van der Waals surface area (Å²) in [5, 5.41) is 11.1. The fraction of sp³-hybridized carbons (Fsp3) is 0.474. The minimum atomic E-state index is 0. The second-order valence-corrected chi connectivity index (χ2v) is 6.24. The van der Waals surface area contributed by atoms with Crippen molar-refractivity contribution >= 4 is 29.9 Å². The minimum Gasteiger partial charge on any atom is -0.376 e. The van der Waals surface area contributed by atoms with Crippen molar-refractivity contribution in [2.75, 3.05) is 19.7 Å². The van der Waals surface area contributed by atoms with E-state index < -0.39 is 0 Å². The second-order valence-electron chi connectivity index (χ2n) is 6.24. The maximum atomic E-state index is 5.65. The molecular weight excluding hydrogens is 441 g/mol. The first-order valence-corrected chi connectivity index (χ1v) is 9.02. The quantitative estimate of drug-likeness (QED) is 0.372. The molecule has 0 bridgehead atoms. The molecular formula is C19H28IN5O. The van der Waals surface area contributed by atoms with Gasteiger partial charge in [-0.05, 0) is 25.3 Å². The van der Waals surface area contributed by atoms with Crippen molar-refractivity contribution in [3.05, 3.63) is 53.9 Å². The predicted octanol–water partition coefficient (Wildman–Crippen LogP) is 2.78. The largest absolute Gasteiger partial charge is 0.376 e. The van der Waals surface area contributed by atoms with Gasteiger partial charge >= 0.3 is 0 Å². The Kier molecular flexibility index (Phi) is 8.90. The molecule has 2 N–H and O–H groups in total. The average molecular weight is 469 g/mol. The van der Waals surface area contributed by atoms with Crippen molar-refractivity contribution in [2.24, 2.45) is 4.99 Å². The molecule has 0 aliphatic carbocycles. The minimum absolute atomic E-state index is 0. The molecule has 6 nitrogen and oxygen atoms in total. The van der Waals surface area contributed by atoms with Crippen LogP contribution in [0.2, 0.25) is 0 Å². The van der Waals surface area contributed by atoms with E-state index in [1.54, 1.807) is 0 Å². The Morgan fingerprint density at radius 1 is 1.27 bits per heavy atom. The number of guanidine groups is 1. The fourth-order valence-electron chi connectivity index (χ4n) is 2.87. The molecule has 1 aromatic heterocycles. The Balaban J connectivity index is 0.00000243. The van der Waals surface area contributed by atoms with E-state index in [4.69, 9.17) is 4.74 Å². The number of halogens is 1. The lowest BCUT2D eigenvalue weighted by molar-refractivity contribution is 0.114. The number of hydrogen-bond acceptors (Lipinski definition) is 3. The van der Waals surface area contributed by atoms with E-state index in [0.29, 0.717) is 12.6 Å². The van der Waals surface area contributed by atoms with Crippen molar-refractivity contribution in [2.45, 2.75) is 39.0 Å². The molecule has 0 radical (unpaired) electrons. The third kappa shape index (κ3) is 6.60. The molecule has 1 aromatic carbocycles. The molecule has 0 amide bonds. The van der Waals surface area contributed by atoms with Gasteiger partial charge in [-0.3, -0.25) is 4.68 Å². The lowest BCUT2D eigenvalue weighted by Crippen LogP contribution is -2.41. The normalized spacial score (nSPS) is 17.0. The molecule has 1 unspecified atom stereocenters. The zero-order valence-corrected chi connectivity index (χ0v) is 17.6. The summed E-state index contributed by atoms with van der Waals surface area (Å²) < 4.78 is 7.60. The lowest BCUT2D eigenvalue weighted by atomic mass is 10.2. The van der Waals surface area contributed by atoms with Gasteiger partial charge in [0.15, 0.2) is 5.96 Å². The Labute approximate surface area is 172 Å². The second kappa shape index (κ2) is 11.2. The topological polar surface area (TPSA) is 63.5 Å². The lowest BCUT2D eigenvalue weighted by Gasteiger charge is -2.14. The van der Waals surface area contributed by atoms with Crippen molar-refractivity contribution in [1.29, 1.82) is 0 Å². The zero-order valence-electron chi connectivity index (χ0n) is 15.2. The first kappa shape index (κ1) is 20.7. The third-order valence-corrected chi connectivity index (χ3v) is 4.16. The summed E-state index contributed by atoms with van der Waals surface area (Å²) in [6, 6.07) is 10.3. The molecule has 1 atom stereocenters. The molecule has 0 spiro atoms. The molecule has 142 valence electrons. The summed E-state index contributed by atoms with van der Waals surface area (Å²) in [4.78, 5) is 4.65. The number of nitrogens with one attached hydrogen (secondary N) is 2. The van der Waals surface area contributed by atoms with Crippen LogP contribution in [0.4, 0.5) is 0 Å². The summed E-state index contributed by atoms with van der Waals surface area (Å²) in [5.41, 5.74) is 2.34. The highest BCUT2D eigenvalue weighted by atomic mass is 127. The number of aromatic nitrogens is 2. The monoisotopic (exact) mass is 469 g/mol. The number of aliphatic imine (C=N–C) groups is 1. The summed E-state index contributed by atoms with van der Waals surface area (Å²) in [5.74, 6) is 0.828. The van der Waals surface area contributed by atoms with E-state index >= 15 is 0 Å². The Bertz CT molecular complexity index is 668. The highest BCUT2D eigenvalue weighted by Gasteiger charge is 2.15. The van der Waals surface area contributed by atoms with Crippen LogP contribution >= 0.6 is 24.0 Å². The van der Waals surface area contributed by atoms with Gasteiger partial charge < -0.3 is 15.4 Å². The maximum absolute atomic E-state index is 5.65. The Hall–Kier alpha value is -1.61. The molecule has 1 aliphatic heterocycles. The molecule has 0 saturated carbocycles. The van der Waals surface area contributed by atoms with E-state index in [9.17, 15) is 0 Å². The fourth-order valence-corrected chi connectivity index (χ4v) is 2.87. The number of hydrogen-bond donors (Lipinski definition) is 2. The van der Waals surface area contributed by atoms with Crippen molar-refractivity contribution in [3.8, 4) is 0 Å². The van der Waals surface area contributed by atoms with Gasteiger partial charge in [0, 0.05) is 31.5 Å². The molecule has 7 heteroatoms. The van der Waals surface area contributed by atoms with Crippen LogP contribution in [0.5, 0.6) is 0 Å². The molecule has 3 rings (SSSR count). The molecule has 2 heterocycles. The maximum Gasteiger partial charge on any atom is 0.191 e. The van der Waals surface area contributed by atoms with Crippen LogP contribution in [0.3, 0.4) is 0 Å². The highest BCUT2D eigenvalue weighted by Crippen LogP contribution is 2.10. The van der Waals surface area contributed by atoms with Crippen LogP contribution < -0.4 is 10.6 Å². The van der Waals surface area contributed by atoms with E-state index in [1.165, 1.54) is 5.56 Å². The van der Waals surface area contributed by atoms with Crippen LogP contribution in [0.15, 0.2) is 47.7 Å². The molecule has 1 aliphatic rings. The van der Waals surface area contributed by atoms with Crippen molar-refractivity contribution in [3.63, 3.8) is 0 Å².